The number of ether oxygens (including phenoxy) is 5. The summed E-state index contributed by atoms with van der Waals surface area (Å²) in [6.45, 7) is 46.3. The molecule has 2 saturated heterocycles. The zero-order chi connectivity index (χ0) is 45.3. The minimum atomic E-state index is -2.53. The van der Waals surface area contributed by atoms with Crippen molar-refractivity contribution in [3.63, 3.8) is 0 Å². The zero-order valence-electron chi connectivity index (χ0n) is 41.4. The molecule has 12 heteroatoms. The first-order valence-electron chi connectivity index (χ1n) is 23.5. The third-order valence-corrected chi connectivity index (χ3v) is 32.8. The Bertz CT molecular complexity index is 1450. The highest BCUT2D eigenvalue weighted by Crippen LogP contribution is 2.50. The van der Waals surface area contributed by atoms with Crippen LogP contribution in [0.4, 0.5) is 0 Å². The molecule has 1 aromatic carbocycles. The van der Waals surface area contributed by atoms with E-state index in [-0.39, 0.29) is 0 Å². The number of aliphatic hydroxyl groups excluding tert-OH is 1. The molecule has 0 aromatic heterocycles. The van der Waals surface area contributed by atoms with Crippen molar-refractivity contribution in [1.82, 2.24) is 0 Å². The van der Waals surface area contributed by atoms with Crippen LogP contribution in [-0.2, 0) is 43.6 Å². The van der Waals surface area contributed by atoms with E-state index in [9.17, 15) is 5.11 Å². The van der Waals surface area contributed by atoms with Gasteiger partial charge in [0.15, 0.2) is 12.1 Å². The van der Waals surface area contributed by atoms with E-state index < -0.39 is 79.8 Å². The number of aliphatic hydroxyl groups is 1. The molecule has 0 amide bonds. The van der Waals surface area contributed by atoms with Gasteiger partial charge in [-0.25, -0.2) is 0 Å². The molecule has 0 saturated carbocycles. The smallest absolute Gasteiger partial charge is 0.201 e. The van der Waals surface area contributed by atoms with Crippen LogP contribution in [-0.4, -0.2) is 91.5 Å². The van der Waals surface area contributed by atoms with Gasteiger partial charge in [-0.05, 0) is 75.4 Å². The SMILES string of the molecule is CC(C)[Si](OC[C@H]1OC([C@@H](O)[C@H]2O[C@@H]3OC(C)(C)O[C@@H]3[C@H]2OCc2ccccc2)=C[C@@H](O[Si](C(C)C)(C(C)C)C(C)C)[C@@H]1O[Si](C(C)C)(C(C)C)C(C)C)(C(C)C)C(C)C. The molecule has 1 N–H and O–H groups in total. The molecule has 0 unspecified atom stereocenters. The quantitative estimate of drug-likeness (QED) is 0.121. The van der Waals surface area contributed by atoms with Crippen molar-refractivity contribution in [3.05, 3.63) is 47.7 Å². The second-order valence-electron chi connectivity index (χ2n) is 21.4. The lowest BCUT2D eigenvalue weighted by Crippen LogP contribution is -2.62. The van der Waals surface area contributed by atoms with Gasteiger partial charge in [0.1, 0.15) is 42.4 Å². The van der Waals surface area contributed by atoms with Crippen molar-refractivity contribution in [2.24, 2.45) is 0 Å². The maximum Gasteiger partial charge on any atom is 0.201 e. The van der Waals surface area contributed by atoms with Crippen LogP contribution in [0.25, 0.3) is 0 Å². The summed E-state index contributed by atoms with van der Waals surface area (Å²) in [4.78, 5) is 0. The van der Waals surface area contributed by atoms with Gasteiger partial charge >= 0.3 is 0 Å². The Hall–Kier alpha value is -0.909. The van der Waals surface area contributed by atoms with Crippen molar-refractivity contribution in [3.8, 4) is 0 Å². The first-order chi connectivity index (χ1) is 27.8. The van der Waals surface area contributed by atoms with E-state index in [1.54, 1.807) is 0 Å². The summed E-state index contributed by atoms with van der Waals surface area (Å²) >= 11 is 0. The van der Waals surface area contributed by atoms with Gasteiger partial charge in [0.2, 0.25) is 25.0 Å². The molecule has 3 aliphatic rings. The third-order valence-electron chi connectivity index (χ3n) is 14.5. The lowest BCUT2D eigenvalue weighted by atomic mass is 9.98. The van der Waals surface area contributed by atoms with Crippen LogP contribution in [0.15, 0.2) is 42.2 Å². The van der Waals surface area contributed by atoms with Crippen molar-refractivity contribution >= 4 is 25.0 Å². The Balaban J connectivity index is 1.92. The van der Waals surface area contributed by atoms with Crippen LogP contribution in [0, 0.1) is 0 Å². The predicted octanol–water partition coefficient (Wildman–Crippen LogP) is 12.4. The van der Waals surface area contributed by atoms with Crippen LogP contribution in [0.1, 0.15) is 144 Å². The lowest BCUT2D eigenvalue weighted by molar-refractivity contribution is -0.231. The zero-order valence-corrected chi connectivity index (χ0v) is 44.4. The van der Waals surface area contributed by atoms with E-state index in [1.807, 2.05) is 50.3 Å². The number of rotatable bonds is 21. The number of fused-ring (bicyclic) bond motifs is 1. The number of hydrogen-bond acceptors (Lipinski definition) is 9. The Morgan fingerprint density at radius 2 is 1.08 bits per heavy atom. The average Bonchev–Trinajstić information content (AvgIpc) is 3.62. The fourth-order valence-electron chi connectivity index (χ4n) is 12.2. The van der Waals surface area contributed by atoms with Crippen LogP contribution in [0.5, 0.6) is 0 Å². The largest absolute Gasteiger partial charge is 0.487 e. The molecule has 0 spiro atoms. The Morgan fingerprint density at radius 3 is 1.55 bits per heavy atom. The molecular weight excluding hydrogens is 805 g/mol. The van der Waals surface area contributed by atoms with Crippen LogP contribution >= 0.6 is 0 Å². The van der Waals surface area contributed by atoms with E-state index in [2.05, 4.69) is 125 Å². The molecular formula is C48H88O9Si3. The molecule has 1 aromatic rings. The highest BCUT2D eigenvalue weighted by atomic mass is 28.4. The first kappa shape index (κ1) is 51.7. The molecule has 3 aliphatic heterocycles. The molecule has 60 heavy (non-hydrogen) atoms. The standard InChI is InChI=1S/C48H88O9Si3/c1-29(2)58(30(3)4,31(5)6)51-28-41-43(57-60(35(13)14,36(15)16)37(17)18)40(56-59(32(7)8,33(9)10)34(11)12)26-39(52-41)42(49)44-45(50-27-38-24-22-21-23-25-38)46-47(53-44)55-48(19,20)54-46/h21-26,29-37,40-47,49H,27-28H2,1-20H3/t40-,41-,42-,43+,44-,45+,46-,47-/m1/s1. The van der Waals surface area contributed by atoms with Crippen LogP contribution in [0.2, 0.25) is 49.9 Å². The van der Waals surface area contributed by atoms with Crippen molar-refractivity contribution in [1.29, 1.82) is 0 Å². The molecule has 0 radical (unpaired) electrons. The fourth-order valence-corrected chi connectivity index (χ4v) is 28.7. The molecule has 9 nitrogen and oxygen atoms in total. The maximum atomic E-state index is 12.7. The summed E-state index contributed by atoms with van der Waals surface area (Å²) in [5.74, 6) is -0.453. The second kappa shape index (κ2) is 20.5. The summed E-state index contributed by atoms with van der Waals surface area (Å²) in [6.07, 6.45) is -3.40. The summed E-state index contributed by atoms with van der Waals surface area (Å²) in [7, 11) is -7.40. The van der Waals surface area contributed by atoms with Crippen LogP contribution < -0.4 is 0 Å². The Morgan fingerprint density at radius 1 is 0.617 bits per heavy atom. The summed E-state index contributed by atoms with van der Waals surface area (Å²) in [5, 5.41) is 12.7. The summed E-state index contributed by atoms with van der Waals surface area (Å²) < 4.78 is 56.3. The van der Waals surface area contributed by atoms with Gasteiger partial charge in [-0.3, -0.25) is 0 Å². The average molecular weight is 893 g/mol. The highest BCUT2D eigenvalue weighted by Gasteiger charge is 2.60. The predicted molar refractivity (Wildman–Crippen MR) is 252 cm³/mol. The molecule has 8 atom stereocenters. The highest BCUT2D eigenvalue weighted by molar-refractivity contribution is 6.78. The molecule has 3 heterocycles. The normalized spacial score (nSPS) is 27.1. The third kappa shape index (κ3) is 10.3. The van der Waals surface area contributed by atoms with Gasteiger partial charge in [0, 0.05) is 0 Å². The lowest BCUT2D eigenvalue weighted by Gasteiger charge is -2.52. The van der Waals surface area contributed by atoms with Crippen molar-refractivity contribution < 1.29 is 42.1 Å². The molecule has 2 fully saturated rings. The number of hydrogen-bond donors (Lipinski definition) is 1. The van der Waals surface area contributed by atoms with E-state index in [0.717, 1.165) is 5.56 Å². The van der Waals surface area contributed by atoms with E-state index >= 15 is 0 Å². The van der Waals surface area contributed by atoms with Gasteiger partial charge in [0.05, 0.1) is 19.3 Å². The second-order valence-corrected chi connectivity index (χ2v) is 37.7. The molecule has 0 bridgehead atoms. The Kier molecular flexibility index (Phi) is 17.7. The first-order valence-corrected chi connectivity index (χ1v) is 29.9. The minimum Gasteiger partial charge on any atom is -0.487 e. The van der Waals surface area contributed by atoms with E-state index in [4.69, 9.17) is 37.0 Å². The van der Waals surface area contributed by atoms with E-state index in [1.165, 1.54) is 0 Å². The van der Waals surface area contributed by atoms with Gasteiger partial charge in [-0.2, -0.15) is 0 Å². The molecule has 4 rings (SSSR count). The minimum absolute atomic E-state index is 0.326. The molecule has 346 valence electrons. The summed E-state index contributed by atoms with van der Waals surface area (Å²) in [5.41, 5.74) is 4.16. The van der Waals surface area contributed by atoms with Gasteiger partial charge in [0.25, 0.3) is 0 Å². The van der Waals surface area contributed by atoms with Crippen LogP contribution in [0.3, 0.4) is 0 Å². The van der Waals surface area contributed by atoms with Gasteiger partial charge in [-0.15, -0.1) is 0 Å². The van der Waals surface area contributed by atoms with E-state index in [0.29, 0.717) is 68.8 Å². The monoisotopic (exact) mass is 893 g/mol. The van der Waals surface area contributed by atoms with Crippen molar-refractivity contribution in [2.75, 3.05) is 6.61 Å². The topological polar surface area (TPSA) is 94.1 Å². The Labute approximate surface area is 369 Å². The van der Waals surface area contributed by atoms with Crippen molar-refractivity contribution in [2.45, 2.75) is 250 Å². The van der Waals surface area contributed by atoms with Gasteiger partial charge < -0.3 is 42.1 Å². The summed E-state index contributed by atoms with van der Waals surface area (Å²) in [6, 6.07) is 10.1. The fraction of sp³-hybridized carbons (Fsp3) is 0.833. The van der Waals surface area contributed by atoms with Gasteiger partial charge in [-0.1, -0.05) is 155 Å². The molecule has 0 aliphatic carbocycles. The maximum absolute atomic E-state index is 12.7. The number of benzene rings is 1.